The van der Waals surface area contributed by atoms with Gasteiger partial charge < -0.3 is 9.47 Å². The maximum atomic E-state index is 10.5. The fraction of sp³-hybridized carbons (Fsp3) is 0.429. The molecule has 0 bridgehead atoms. The summed E-state index contributed by atoms with van der Waals surface area (Å²) in [5, 5.41) is 10.5. The van der Waals surface area contributed by atoms with Gasteiger partial charge in [-0.05, 0) is 12.1 Å². The smallest absolute Gasteiger partial charge is 0.269 e. The summed E-state index contributed by atoms with van der Waals surface area (Å²) >= 11 is 0. The molecular weight excluding hydrogens is 260 g/mol. The van der Waals surface area contributed by atoms with Crippen molar-refractivity contribution in [1.82, 2.24) is 4.90 Å². The molecule has 1 saturated heterocycles. The normalized spacial score (nSPS) is 15.2. The first-order valence-electron chi connectivity index (χ1n) is 6.39. The molecule has 6 nitrogen and oxygen atoms in total. The number of hydrogen-bond donors (Lipinski definition) is 0. The van der Waals surface area contributed by atoms with Crippen LogP contribution >= 0.6 is 0 Å². The first-order chi connectivity index (χ1) is 9.75. The van der Waals surface area contributed by atoms with Gasteiger partial charge in [0.05, 0.1) is 24.7 Å². The van der Waals surface area contributed by atoms with Crippen molar-refractivity contribution < 1.29 is 14.4 Å². The molecule has 1 fully saturated rings. The summed E-state index contributed by atoms with van der Waals surface area (Å²) in [7, 11) is 0. The molecule has 1 heterocycles. The topological polar surface area (TPSA) is 64.8 Å². The summed E-state index contributed by atoms with van der Waals surface area (Å²) < 4.78 is 10.6. The standard InChI is InChI=1S/C14H16N2O4/c17-16(18)13-3-5-14(6-4-13)20-10-2-1-7-15-8-11-19-12-9-15/h3-6H,7-12H2. The van der Waals surface area contributed by atoms with E-state index >= 15 is 0 Å². The summed E-state index contributed by atoms with van der Waals surface area (Å²) in [4.78, 5) is 12.3. The molecule has 2 rings (SSSR count). The van der Waals surface area contributed by atoms with Crippen molar-refractivity contribution in [2.75, 3.05) is 39.5 Å². The zero-order chi connectivity index (χ0) is 14.2. The third-order valence-electron chi connectivity index (χ3n) is 2.89. The van der Waals surface area contributed by atoms with E-state index in [-0.39, 0.29) is 12.3 Å². The molecule has 0 amide bonds. The number of nitrogens with zero attached hydrogens (tertiary/aromatic N) is 2. The number of ether oxygens (including phenoxy) is 2. The van der Waals surface area contributed by atoms with Gasteiger partial charge in [-0.25, -0.2) is 0 Å². The van der Waals surface area contributed by atoms with E-state index in [0.29, 0.717) is 12.3 Å². The summed E-state index contributed by atoms with van der Waals surface area (Å²) in [6.45, 7) is 4.35. The molecule has 1 aliphatic rings. The van der Waals surface area contributed by atoms with Crippen LogP contribution in [0.3, 0.4) is 0 Å². The Balaban J connectivity index is 1.71. The Hall–Kier alpha value is -2.10. The van der Waals surface area contributed by atoms with Gasteiger partial charge in [-0.1, -0.05) is 11.8 Å². The maximum Gasteiger partial charge on any atom is 0.269 e. The Labute approximate surface area is 117 Å². The van der Waals surface area contributed by atoms with Crippen molar-refractivity contribution in [2.24, 2.45) is 0 Å². The summed E-state index contributed by atoms with van der Waals surface area (Å²) in [5.41, 5.74) is 0.0516. The van der Waals surface area contributed by atoms with Crippen LogP contribution in [0.15, 0.2) is 24.3 Å². The third kappa shape index (κ3) is 4.53. The van der Waals surface area contributed by atoms with Crippen molar-refractivity contribution in [3.8, 4) is 17.6 Å². The second kappa shape index (κ2) is 7.48. The zero-order valence-electron chi connectivity index (χ0n) is 11.1. The highest BCUT2D eigenvalue weighted by Gasteiger charge is 2.07. The van der Waals surface area contributed by atoms with Gasteiger partial charge in [0.15, 0.2) is 0 Å². The van der Waals surface area contributed by atoms with Crippen LogP contribution in [0.2, 0.25) is 0 Å². The summed E-state index contributed by atoms with van der Waals surface area (Å²) in [5.74, 6) is 6.55. The maximum absolute atomic E-state index is 10.5. The van der Waals surface area contributed by atoms with Crippen LogP contribution in [0.4, 0.5) is 5.69 Å². The molecule has 0 saturated carbocycles. The lowest BCUT2D eigenvalue weighted by Gasteiger charge is -2.24. The predicted molar refractivity (Wildman–Crippen MR) is 73.6 cm³/mol. The lowest BCUT2D eigenvalue weighted by Crippen LogP contribution is -2.36. The van der Waals surface area contributed by atoms with Crippen molar-refractivity contribution >= 4 is 5.69 Å². The molecular formula is C14H16N2O4. The summed E-state index contributed by atoms with van der Waals surface area (Å²) in [6, 6.07) is 5.97. The monoisotopic (exact) mass is 276 g/mol. The number of non-ortho nitro benzene ring substituents is 1. The molecule has 106 valence electrons. The molecule has 0 atom stereocenters. The minimum absolute atomic E-state index is 0.0516. The first kappa shape index (κ1) is 14.3. The number of morpholine rings is 1. The molecule has 0 spiro atoms. The van der Waals surface area contributed by atoms with Crippen molar-refractivity contribution in [3.05, 3.63) is 34.4 Å². The van der Waals surface area contributed by atoms with Crippen LogP contribution < -0.4 is 4.74 Å². The van der Waals surface area contributed by atoms with E-state index < -0.39 is 4.92 Å². The number of hydrogen-bond acceptors (Lipinski definition) is 5. The average Bonchev–Trinajstić information content (AvgIpc) is 2.48. The van der Waals surface area contributed by atoms with Gasteiger partial charge in [0.1, 0.15) is 12.4 Å². The van der Waals surface area contributed by atoms with Gasteiger partial charge in [0.25, 0.3) is 5.69 Å². The van der Waals surface area contributed by atoms with E-state index in [1.54, 1.807) is 12.1 Å². The van der Waals surface area contributed by atoms with E-state index in [9.17, 15) is 10.1 Å². The molecule has 6 heteroatoms. The van der Waals surface area contributed by atoms with Crippen molar-refractivity contribution in [2.45, 2.75) is 0 Å². The van der Waals surface area contributed by atoms with Crippen LogP contribution in [0, 0.1) is 22.0 Å². The Kier molecular flexibility index (Phi) is 5.35. The SMILES string of the molecule is O=[N+]([O-])c1ccc(OCC#CCN2CCOCC2)cc1. The zero-order valence-corrected chi connectivity index (χ0v) is 11.1. The third-order valence-corrected chi connectivity index (χ3v) is 2.89. The van der Waals surface area contributed by atoms with E-state index in [0.717, 1.165) is 26.3 Å². The average molecular weight is 276 g/mol. The number of rotatable bonds is 4. The Morgan fingerprint density at radius 3 is 2.60 bits per heavy atom. The predicted octanol–water partition coefficient (Wildman–Crippen LogP) is 1.31. The van der Waals surface area contributed by atoms with Crippen LogP contribution in [0.1, 0.15) is 0 Å². The van der Waals surface area contributed by atoms with Crippen molar-refractivity contribution in [1.29, 1.82) is 0 Å². The van der Waals surface area contributed by atoms with Gasteiger partial charge in [0.2, 0.25) is 0 Å². The van der Waals surface area contributed by atoms with Gasteiger partial charge in [0, 0.05) is 25.2 Å². The Morgan fingerprint density at radius 1 is 1.25 bits per heavy atom. The molecule has 0 aromatic heterocycles. The lowest BCUT2D eigenvalue weighted by molar-refractivity contribution is -0.384. The number of nitro benzene ring substituents is 1. The Morgan fingerprint density at radius 2 is 1.95 bits per heavy atom. The van der Waals surface area contributed by atoms with Crippen molar-refractivity contribution in [3.63, 3.8) is 0 Å². The van der Waals surface area contributed by atoms with Crippen LogP contribution in [0.5, 0.6) is 5.75 Å². The number of benzene rings is 1. The lowest BCUT2D eigenvalue weighted by atomic mass is 10.3. The van der Waals surface area contributed by atoms with Gasteiger partial charge in [-0.15, -0.1) is 0 Å². The molecule has 0 unspecified atom stereocenters. The second-order valence-electron chi connectivity index (χ2n) is 4.28. The van der Waals surface area contributed by atoms with Crippen LogP contribution in [-0.2, 0) is 4.74 Å². The second-order valence-corrected chi connectivity index (χ2v) is 4.28. The van der Waals surface area contributed by atoms with Gasteiger partial charge in [-0.3, -0.25) is 15.0 Å². The first-order valence-corrected chi connectivity index (χ1v) is 6.39. The summed E-state index contributed by atoms with van der Waals surface area (Å²) in [6.07, 6.45) is 0. The molecule has 1 aromatic carbocycles. The fourth-order valence-corrected chi connectivity index (χ4v) is 1.76. The van der Waals surface area contributed by atoms with Gasteiger partial charge in [-0.2, -0.15) is 0 Å². The highest BCUT2D eigenvalue weighted by Crippen LogP contribution is 2.16. The molecule has 0 radical (unpaired) electrons. The Bertz CT molecular complexity index is 498. The minimum Gasteiger partial charge on any atom is -0.481 e. The van der Waals surface area contributed by atoms with E-state index in [2.05, 4.69) is 16.7 Å². The van der Waals surface area contributed by atoms with E-state index in [1.165, 1.54) is 12.1 Å². The van der Waals surface area contributed by atoms with Gasteiger partial charge >= 0.3 is 0 Å². The molecule has 20 heavy (non-hydrogen) atoms. The van der Waals surface area contributed by atoms with E-state index in [1.807, 2.05) is 0 Å². The largest absolute Gasteiger partial charge is 0.481 e. The number of nitro groups is 1. The molecule has 1 aromatic rings. The van der Waals surface area contributed by atoms with Crippen LogP contribution in [-0.4, -0.2) is 49.3 Å². The highest BCUT2D eigenvalue weighted by atomic mass is 16.6. The highest BCUT2D eigenvalue weighted by molar-refractivity contribution is 5.36. The quantitative estimate of drug-likeness (QED) is 0.471. The minimum atomic E-state index is -0.439. The fourth-order valence-electron chi connectivity index (χ4n) is 1.76. The van der Waals surface area contributed by atoms with Crippen LogP contribution in [0.25, 0.3) is 0 Å². The molecule has 0 N–H and O–H groups in total. The van der Waals surface area contributed by atoms with E-state index in [4.69, 9.17) is 9.47 Å². The molecule has 1 aliphatic heterocycles. The molecule has 0 aliphatic carbocycles.